The van der Waals surface area contributed by atoms with Crippen molar-refractivity contribution in [1.82, 2.24) is 14.5 Å². The molecule has 2 aromatic heterocycles. The molecular formula is C19H14F3N5O5. The van der Waals surface area contributed by atoms with Crippen molar-refractivity contribution in [2.24, 2.45) is 0 Å². The van der Waals surface area contributed by atoms with E-state index in [2.05, 4.69) is 15.3 Å². The number of hydrogen-bond acceptors (Lipinski definition) is 7. The number of halogens is 3. The van der Waals surface area contributed by atoms with E-state index in [0.29, 0.717) is 16.8 Å². The Bertz CT molecular complexity index is 1160. The fourth-order valence-corrected chi connectivity index (χ4v) is 3.04. The van der Waals surface area contributed by atoms with Crippen LogP contribution in [-0.2, 0) is 17.5 Å². The number of carbonyl (C=O) groups excluding carboxylic acids is 1. The first-order valence-corrected chi connectivity index (χ1v) is 9.15. The second kappa shape index (κ2) is 8.17. The van der Waals surface area contributed by atoms with E-state index in [4.69, 9.17) is 9.47 Å². The highest BCUT2D eigenvalue weighted by Crippen LogP contribution is 2.29. The van der Waals surface area contributed by atoms with E-state index in [1.165, 1.54) is 16.8 Å². The Morgan fingerprint density at radius 1 is 1.28 bits per heavy atom. The van der Waals surface area contributed by atoms with Crippen molar-refractivity contribution in [3.05, 3.63) is 64.6 Å². The Morgan fingerprint density at radius 3 is 2.78 bits per heavy atom. The van der Waals surface area contributed by atoms with Gasteiger partial charge >= 0.3 is 24.1 Å². The number of benzene rings is 1. The Labute approximate surface area is 177 Å². The molecule has 0 bridgehead atoms. The SMILES string of the molecule is O=C(Nc1cccc(-c2ccc(C(F)(F)F)nc2)c1)O[C@@H]1COc2nc([N+](=O)[O-])cn2C1. The standard InChI is InChI=1S/C19H14F3N5O5/c20-19(21,22)15-5-4-12(7-23-15)11-2-1-3-13(6-11)24-18(28)32-14-8-26-9-16(27(29)30)25-17(26)31-10-14/h1-7,9,14H,8,10H2,(H,24,28)/t14-/m0/s1. The molecule has 1 amide bonds. The topological polar surface area (TPSA) is 121 Å². The predicted molar refractivity (Wildman–Crippen MR) is 103 cm³/mol. The number of rotatable bonds is 4. The summed E-state index contributed by atoms with van der Waals surface area (Å²) in [4.78, 5) is 29.5. The summed E-state index contributed by atoms with van der Waals surface area (Å²) in [6, 6.07) is 8.63. The lowest BCUT2D eigenvalue weighted by molar-refractivity contribution is -0.389. The molecule has 4 rings (SSSR count). The highest BCUT2D eigenvalue weighted by Gasteiger charge is 2.32. The fraction of sp³-hybridized carbons (Fsp3) is 0.211. The molecule has 0 unspecified atom stereocenters. The summed E-state index contributed by atoms with van der Waals surface area (Å²) in [5.74, 6) is -0.375. The zero-order valence-electron chi connectivity index (χ0n) is 16.1. The van der Waals surface area contributed by atoms with Crippen molar-refractivity contribution in [3.63, 3.8) is 0 Å². The number of nitro groups is 1. The number of carbonyl (C=O) groups is 1. The van der Waals surface area contributed by atoms with E-state index in [-0.39, 0.29) is 25.0 Å². The molecule has 1 aliphatic heterocycles. The van der Waals surface area contributed by atoms with Crippen molar-refractivity contribution in [1.29, 1.82) is 0 Å². The summed E-state index contributed by atoms with van der Waals surface area (Å²) in [6.07, 6.45) is -3.75. The quantitative estimate of drug-likeness (QED) is 0.474. The molecule has 0 spiro atoms. The molecule has 0 radical (unpaired) electrons. The number of fused-ring (bicyclic) bond motifs is 1. The van der Waals surface area contributed by atoms with E-state index in [0.717, 1.165) is 12.3 Å². The molecule has 32 heavy (non-hydrogen) atoms. The van der Waals surface area contributed by atoms with Gasteiger partial charge in [0.05, 0.1) is 6.54 Å². The predicted octanol–water partition coefficient (Wildman–Crippen LogP) is 3.88. The molecule has 1 aliphatic rings. The van der Waals surface area contributed by atoms with Crippen molar-refractivity contribution in [2.45, 2.75) is 18.8 Å². The Hall–Kier alpha value is -4.16. The van der Waals surface area contributed by atoms with Gasteiger partial charge in [-0.25, -0.2) is 4.79 Å². The molecule has 166 valence electrons. The van der Waals surface area contributed by atoms with Crippen molar-refractivity contribution >= 4 is 17.6 Å². The fourth-order valence-electron chi connectivity index (χ4n) is 3.04. The van der Waals surface area contributed by atoms with Crippen LogP contribution in [0.15, 0.2) is 48.8 Å². The summed E-state index contributed by atoms with van der Waals surface area (Å²) >= 11 is 0. The van der Waals surface area contributed by atoms with Crippen LogP contribution in [0.2, 0.25) is 0 Å². The molecular weight excluding hydrogens is 435 g/mol. The van der Waals surface area contributed by atoms with E-state index in [9.17, 15) is 28.1 Å². The minimum atomic E-state index is -4.53. The lowest BCUT2D eigenvalue weighted by Crippen LogP contribution is -2.35. The zero-order valence-corrected chi connectivity index (χ0v) is 16.1. The summed E-state index contributed by atoms with van der Waals surface area (Å²) in [5, 5.41) is 13.3. The van der Waals surface area contributed by atoms with Crippen LogP contribution in [-0.4, -0.2) is 38.3 Å². The number of nitrogens with zero attached hydrogens (tertiary/aromatic N) is 4. The first-order valence-electron chi connectivity index (χ1n) is 9.15. The van der Waals surface area contributed by atoms with Gasteiger partial charge < -0.3 is 19.6 Å². The maximum absolute atomic E-state index is 12.7. The number of pyridine rings is 1. The van der Waals surface area contributed by atoms with Gasteiger partial charge in [-0.1, -0.05) is 18.2 Å². The maximum atomic E-state index is 12.7. The highest BCUT2D eigenvalue weighted by atomic mass is 19.4. The smallest absolute Gasteiger partial charge is 0.433 e. The molecule has 0 saturated heterocycles. The van der Waals surface area contributed by atoms with Crippen LogP contribution in [0.25, 0.3) is 11.1 Å². The number of anilines is 1. The molecule has 10 nitrogen and oxygen atoms in total. The van der Waals surface area contributed by atoms with Crippen molar-refractivity contribution in [2.75, 3.05) is 11.9 Å². The number of nitrogens with one attached hydrogen (secondary N) is 1. The molecule has 1 aromatic carbocycles. The first kappa shape index (κ1) is 21.1. The first-order chi connectivity index (χ1) is 15.2. The van der Waals surface area contributed by atoms with Gasteiger partial charge in [-0.3, -0.25) is 14.9 Å². The second-order valence-electron chi connectivity index (χ2n) is 6.77. The van der Waals surface area contributed by atoms with E-state index in [1.54, 1.807) is 24.3 Å². The number of imidazole rings is 1. The minimum Gasteiger partial charge on any atom is -0.442 e. The molecule has 3 heterocycles. The van der Waals surface area contributed by atoms with Crippen LogP contribution in [0.5, 0.6) is 6.01 Å². The van der Waals surface area contributed by atoms with Gasteiger partial charge in [0, 0.05) is 22.4 Å². The highest BCUT2D eigenvalue weighted by molar-refractivity contribution is 5.86. The third-order valence-corrected chi connectivity index (χ3v) is 4.48. The molecule has 0 aliphatic carbocycles. The van der Waals surface area contributed by atoms with Gasteiger partial charge in [0.25, 0.3) is 0 Å². The zero-order chi connectivity index (χ0) is 22.9. The number of alkyl halides is 3. The molecule has 1 atom stereocenters. The lowest BCUT2D eigenvalue weighted by atomic mass is 10.1. The Morgan fingerprint density at radius 2 is 2.09 bits per heavy atom. The Balaban J connectivity index is 1.39. The maximum Gasteiger partial charge on any atom is 0.433 e. The average Bonchev–Trinajstić information content (AvgIpc) is 3.17. The number of aromatic nitrogens is 3. The van der Waals surface area contributed by atoms with Gasteiger partial charge in [-0.2, -0.15) is 13.2 Å². The van der Waals surface area contributed by atoms with Crippen molar-refractivity contribution in [3.8, 4) is 17.1 Å². The van der Waals surface area contributed by atoms with Gasteiger partial charge in [-0.15, -0.1) is 0 Å². The van der Waals surface area contributed by atoms with Gasteiger partial charge in [0.1, 0.15) is 18.5 Å². The monoisotopic (exact) mass is 449 g/mol. The van der Waals surface area contributed by atoms with Crippen molar-refractivity contribution < 1.29 is 32.4 Å². The molecule has 3 aromatic rings. The summed E-state index contributed by atoms with van der Waals surface area (Å²) in [7, 11) is 0. The van der Waals surface area contributed by atoms with E-state index >= 15 is 0 Å². The van der Waals surface area contributed by atoms with Gasteiger partial charge in [-0.05, 0) is 28.7 Å². The van der Waals surface area contributed by atoms with Crippen LogP contribution in [0.3, 0.4) is 0 Å². The van der Waals surface area contributed by atoms with Gasteiger partial charge in [0.15, 0.2) is 6.10 Å². The van der Waals surface area contributed by atoms with Gasteiger partial charge in [0.2, 0.25) is 0 Å². The normalized spacial score (nSPS) is 15.4. The van der Waals surface area contributed by atoms with E-state index in [1.807, 2.05) is 0 Å². The number of hydrogen-bond donors (Lipinski definition) is 1. The second-order valence-corrected chi connectivity index (χ2v) is 6.77. The minimum absolute atomic E-state index is 0.0289. The van der Waals surface area contributed by atoms with Crippen LogP contribution < -0.4 is 10.1 Å². The largest absolute Gasteiger partial charge is 0.442 e. The number of amides is 1. The van der Waals surface area contributed by atoms with E-state index < -0.39 is 29.0 Å². The van der Waals surface area contributed by atoms with Crippen LogP contribution in [0.4, 0.5) is 29.5 Å². The van der Waals surface area contributed by atoms with Crippen LogP contribution in [0.1, 0.15) is 5.69 Å². The Kier molecular flexibility index (Phi) is 5.38. The average molecular weight is 449 g/mol. The molecule has 13 heteroatoms. The van der Waals surface area contributed by atoms with Crippen LogP contribution in [0, 0.1) is 10.1 Å². The third-order valence-electron chi connectivity index (χ3n) is 4.48. The lowest BCUT2D eigenvalue weighted by Gasteiger charge is -2.22. The molecule has 0 saturated carbocycles. The summed E-state index contributed by atoms with van der Waals surface area (Å²) in [6.45, 7) is 0.0969. The van der Waals surface area contributed by atoms with Crippen LogP contribution >= 0.6 is 0 Å². The summed E-state index contributed by atoms with van der Waals surface area (Å²) in [5.41, 5.74) is 0.327. The number of ether oxygens (including phenoxy) is 2. The molecule has 0 fully saturated rings. The summed E-state index contributed by atoms with van der Waals surface area (Å²) < 4.78 is 50.0. The molecule has 1 N–H and O–H groups in total. The third kappa shape index (κ3) is 4.61.